The molecule has 0 spiro atoms. The molecule has 0 unspecified atom stereocenters. The normalized spacial score (nSPS) is 6.10. The highest BCUT2D eigenvalue weighted by atomic mass is 35.5. The summed E-state index contributed by atoms with van der Waals surface area (Å²) in [6.07, 6.45) is 4.00. The van der Waals surface area contributed by atoms with Gasteiger partial charge in [-0.1, -0.05) is 6.07 Å². The summed E-state index contributed by atoms with van der Waals surface area (Å²) < 4.78 is 2.00. The molecule has 10 heavy (non-hydrogen) atoms. The van der Waals surface area contributed by atoms with Gasteiger partial charge in [-0.25, -0.2) is 4.57 Å². The lowest BCUT2D eigenvalue weighted by Crippen LogP contribution is -3.00. The van der Waals surface area contributed by atoms with Crippen LogP contribution >= 0.6 is 0 Å². The van der Waals surface area contributed by atoms with Crippen molar-refractivity contribution in [2.75, 3.05) is 0 Å². The Hall–Kier alpha value is -0.310. The average molecular weight is 183 g/mol. The zero-order valence-corrected chi connectivity index (χ0v) is 7.60. The monoisotopic (exact) mass is 182 g/mol. The maximum Gasteiger partial charge on any atom is 0.168 e. The Morgan fingerprint density at radius 3 is 1.50 bits per heavy atom. The molecule has 1 aromatic rings. The summed E-state index contributed by atoms with van der Waals surface area (Å²) in [6, 6.07) is 6.00. The third kappa shape index (κ3) is 5.82. The summed E-state index contributed by atoms with van der Waals surface area (Å²) in [4.78, 5) is 0. The lowest BCUT2D eigenvalue weighted by Gasteiger charge is -1.77. The summed E-state index contributed by atoms with van der Waals surface area (Å²) in [6.45, 7) is 0. The molecule has 0 radical (unpaired) electrons. The maximum absolute atomic E-state index is 2.00. The number of hydrogen-bond acceptors (Lipinski definition) is 0. The molecule has 0 amide bonds. The van der Waals surface area contributed by atoms with Gasteiger partial charge in [-0.15, -0.1) is 0 Å². The van der Waals surface area contributed by atoms with Crippen LogP contribution in [0.4, 0.5) is 0 Å². The summed E-state index contributed by atoms with van der Waals surface area (Å²) >= 11 is 0. The first kappa shape index (κ1) is 16.3. The lowest BCUT2D eigenvalue weighted by molar-refractivity contribution is -0.671. The largest absolute Gasteiger partial charge is 1.00 e. The first-order chi connectivity index (χ1) is 3.39. The quantitative estimate of drug-likeness (QED) is 0.391. The standard InChI is InChI=1S/C6H8N.2ClH.H3N/c1-7-5-3-2-4-6-7;;;/h2-6H,1H3;2*1H;1H3/q+1;;;/p-1. The van der Waals surface area contributed by atoms with E-state index in [2.05, 4.69) is 0 Å². The second-order valence-corrected chi connectivity index (χ2v) is 1.54. The van der Waals surface area contributed by atoms with E-state index < -0.39 is 0 Å². The molecule has 2 nitrogen and oxygen atoms in total. The average Bonchev–Trinajstić information content (AvgIpc) is 1.69. The molecule has 0 fully saturated rings. The van der Waals surface area contributed by atoms with E-state index in [1.165, 1.54) is 0 Å². The molecule has 1 aromatic heterocycles. The molecule has 0 atom stereocenters. The second-order valence-electron chi connectivity index (χ2n) is 1.54. The predicted molar refractivity (Wildman–Crippen MR) is 33.6 cm³/mol. The van der Waals surface area contributed by atoms with Crippen molar-refractivity contribution in [1.29, 1.82) is 0 Å². The third-order valence-corrected chi connectivity index (χ3v) is 0.865. The summed E-state index contributed by atoms with van der Waals surface area (Å²) in [5, 5.41) is 0. The van der Waals surface area contributed by atoms with Gasteiger partial charge < -0.3 is 31.0 Å². The molecule has 1 rings (SSSR count). The zero-order valence-electron chi connectivity index (χ0n) is 6.09. The van der Waals surface area contributed by atoms with Crippen LogP contribution in [0.3, 0.4) is 0 Å². The van der Waals surface area contributed by atoms with E-state index in [1.807, 2.05) is 42.2 Å². The zero-order chi connectivity index (χ0) is 5.11. The van der Waals surface area contributed by atoms with Crippen LogP contribution in [0, 0.1) is 0 Å². The smallest absolute Gasteiger partial charge is 0.168 e. The van der Waals surface area contributed by atoms with Crippen molar-refractivity contribution in [3.8, 4) is 0 Å². The Labute approximate surface area is 73.7 Å². The van der Waals surface area contributed by atoms with Crippen LogP contribution in [-0.2, 0) is 7.05 Å². The Morgan fingerprint density at radius 2 is 1.30 bits per heavy atom. The van der Waals surface area contributed by atoms with Gasteiger partial charge in [0.25, 0.3) is 0 Å². The third-order valence-electron chi connectivity index (χ3n) is 0.865. The molecule has 4 heteroatoms. The number of aromatic nitrogens is 1. The number of halogens is 2. The summed E-state index contributed by atoms with van der Waals surface area (Å²) in [5.74, 6) is 0. The van der Waals surface area contributed by atoms with E-state index in [0.717, 1.165) is 0 Å². The first-order valence-electron chi connectivity index (χ1n) is 2.30. The molecule has 0 aliphatic rings. The van der Waals surface area contributed by atoms with Gasteiger partial charge in [0.1, 0.15) is 7.05 Å². The Morgan fingerprint density at radius 1 is 0.900 bits per heavy atom. The van der Waals surface area contributed by atoms with Crippen molar-refractivity contribution in [3.05, 3.63) is 30.6 Å². The fourth-order valence-corrected chi connectivity index (χ4v) is 0.485. The summed E-state index contributed by atoms with van der Waals surface area (Å²) in [5.41, 5.74) is 0. The Bertz CT molecular complexity index is 144. The van der Waals surface area contributed by atoms with Gasteiger partial charge in [0.15, 0.2) is 12.4 Å². The lowest BCUT2D eigenvalue weighted by atomic mass is 10.5. The van der Waals surface area contributed by atoms with E-state index in [9.17, 15) is 0 Å². The molecule has 0 aliphatic heterocycles. The van der Waals surface area contributed by atoms with Crippen molar-refractivity contribution in [2.45, 2.75) is 0 Å². The van der Waals surface area contributed by atoms with E-state index in [-0.39, 0.29) is 31.0 Å². The number of quaternary nitrogens is 1. The van der Waals surface area contributed by atoms with E-state index >= 15 is 0 Å². The molecule has 0 saturated heterocycles. The number of hydrogen-bond donors (Lipinski definition) is 1. The highest BCUT2D eigenvalue weighted by Gasteiger charge is 1.78. The number of rotatable bonds is 0. The van der Waals surface area contributed by atoms with E-state index in [0.29, 0.717) is 0 Å². The molecule has 0 bridgehead atoms. The van der Waals surface area contributed by atoms with Gasteiger partial charge in [-0.2, -0.15) is 0 Å². The SMILES string of the molecule is C[n+]1ccccc1.[Cl-].[Cl-].[NH4+]. The molecule has 0 aromatic carbocycles. The number of nitrogens with zero attached hydrogens (tertiary/aromatic N) is 1. The van der Waals surface area contributed by atoms with Crippen LogP contribution in [-0.4, -0.2) is 0 Å². The van der Waals surface area contributed by atoms with Crippen LogP contribution in [0.5, 0.6) is 0 Å². The maximum atomic E-state index is 2.00. The van der Waals surface area contributed by atoms with Crippen LogP contribution in [0.1, 0.15) is 0 Å². The molecule has 4 N–H and O–H groups in total. The fourth-order valence-electron chi connectivity index (χ4n) is 0.485. The highest BCUT2D eigenvalue weighted by Crippen LogP contribution is 1.71. The summed E-state index contributed by atoms with van der Waals surface area (Å²) in [7, 11) is 2.00. The second kappa shape index (κ2) is 8.69. The highest BCUT2D eigenvalue weighted by molar-refractivity contribution is 4.83. The first-order valence-corrected chi connectivity index (χ1v) is 2.30. The minimum absolute atomic E-state index is 0. The van der Waals surface area contributed by atoms with Crippen molar-refractivity contribution in [2.24, 2.45) is 7.05 Å². The van der Waals surface area contributed by atoms with Crippen molar-refractivity contribution >= 4 is 0 Å². The van der Waals surface area contributed by atoms with Gasteiger partial charge in [-0.3, -0.25) is 0 Å². The van der Waals surface area contributed by atoms with Gasteiger partial charge in [0.05, 0.1) is 0 Å². The molecule has 60 valence electrons. The van der Waals surface area contributed by atoms with Crippen LogP contribution < -0.4 is 35.5 Å². The molecular weight excluding hydrogens is 171 g/mol. The van der Waals surface area contributed by atoms with Crippen LogP contribution in [0.25, 0.3) is 0 Å². The Kier molecular flexibility index (Phi) is 14.2. The molecular formula is C6H12Cl2N2. The van der Waals surface area contributed by atoms with Gasteiger partial charge in [0.2, 0.25) is 0 Å². The minimum Gasteiger partial charge on any atom is -1.00 e. The minimum atomic E-state index is 0. The number of pyridine rings is 1. The fraction of sp³-hybridized carbons (Fsp3) is 0.167. The predicted octanol–water partition coefficient (Wildman–Crippen LogP) is -5.10. The van der Waals surface area contributed by atoms with Crippen molar-refractivity contribution in [1.82, 2.24) is 6.15 Å². The molecule has 0 aliphatic carbocycles. The van der Waals surface area contributed by atoms with E-state index in [1.54, 1.807) is 0 Å². The van der Waals surface area contributed by atoms with Crippen molar-refractivity contribution < 1.29 is 29.4 Å². The number of aryl methyl sites for hydroxylation is 1. The topological polar surface area (TPSA) is 40.4 Å². The van der Waals surface area contributed by atoms with Gasteiger partial charge in [-0.05, 0) is 0 Å². The van der Waals surface area contributed by atoms with Crippen molar-refractivity contribution in [3.63, 3.8) is 0 Å². The van der Waals surface area contributed by atoms with E-state index in [4.69, 9.17) is 0 Å². The Balaban J connectivity index is -0.000000163. The van der Waals surface area contributed by atoms with Gasteiger partial charge in [0, 0.05) is 12.1 Å². The van der Waals surface area contributed by atoms with Crippen LogP contribution in [0.2, 0.25) is 0 Å². The van der Waals surface area contributed by atoms with Gasteiger partial charge >= 0.3 is 0 Å². The molecule has 0 saturated carbocycles. The van der Waals surface area contributed by atoms with Crippen LogP contribution in [0.15, 0.2) is 30.6 Å². The molecule has 1 heterocycles.